The molecule has 0 saturated carbocycles. The second-order valence-corrected chi connectivity index (χ2v) is 7.21. The summed E-state index contributed by atoms with van der Waals surface area (Å²) in [5, 5.41) is 11.2. The van der Waals surface area contributed by atoms with Gasteiger partial charge in [-0.05, 0) is 31.4 Å². The normalized spacial score (nSPS) is 23.2. The Hall–Kier alpha value is -1.71. The molecule has 1 aromatic rings. The average Bonchev–Trinajstić information content (AvgIpc) is 2.77. The van der Waals surface area contributed by atoms with E-state index < -0.39 is 20.6 Å². The third-order valence-corrected chi connectivity index (χ3v) is 5.66. The quantitative estimate of drug-likeness (QED) is 0.491. The summed E-state index contributed by atoms with van der Waals surface area (Å²) in [4.78, 5) is 10.1. The number of nitrogens with one attached hydrogen (secondary N) is 1. The number of sulfonamides is 1. The molecule has 1 aliphatic rings. The molecule has 21 heavy (non-hydrogen) atoms. The number of anilines is 1. The second-order valence-electron chi connectivity index (χ2n) is 5.35. The molecule has 0 radical (unpaired) electrons. The molecule has 0 aliphatic carbocycles. The van der Waals surface area contributed by atoms with E-state index in [1.807, 2.05) is 13.8 Å². The highest BCUT2D eigenvalue weighted by Crippen LogP contribution is 2.34. The minimum atomic E-state index is -3.90. The molecule has 116 valence electrons. The Morgan fingerprint density at radius 1 is 1.43 bits per heavy atom. The van der Waals surface area contributed by atoms with Crippen molar-refractivity contribution in [1.29, 1.82) is 0 Å². The molecule has 1 aliphatic heterocycles. The monoisotopic (exact) mass is 314 g/mol. The van der Waals surface area contributed by atoms with Crippen molar-refractivity contribution in [2.45, 2.75) is 31.2 Å². The number of nitrogens with two attached hydrogens (primary N) is 1. The van der Waals surface area contributed by atoms with Gasteiger partial charge in [-0.3, -0.25) is 16.0 Å². The molecule has 1 saturated heterocycles. The van der Waals surface area contributed by atoms with Gasteiger partial charge in [-0.25, -0.2) is 8.42 Å². The van der Waals surface area contributed by atoms with Gasteiger partial charge >= 0.3 is 0 Å². The van der Waals surface area contributed by atoms with Crippen molar-refractivity contribution in [2.75, 3.05) is 12.0 Å². The number of nitrogen functional groups attached to an aromatic ring is 1. The standard InChI is InChI=1S/C12H18N4O4S/c1-8-5-9(2)15(7-8)21(19,20)12-4-3-10(14-13)6-11(12)16(17)18/h3-4,6,8-9,14H,5,7,13H2,1-2H3. The van der Waals surface area contributed by atoms with Crippen LogP contribution in [0.25, 0.3) is 0 Å². The van der Waals surface area contributed by atoms with Crippen LogP contribution in [0, 0.1) is 16.0 Å². The largest absolute Gasteiger partial charge is 0.324 e. The van der Waals surface area contributed by atoms with Crippen molar-refractivity contribution in [2.24, 2.45) is 11.8 Å². The first kappa shape index (κ1) is 15.7. The maximum Gasteiger partial charge on any atom is 0.291 e. The first-order chi connectivity index (χ1) is 9.77. The SMILES string of the molecule is CC1CC(C)N(S(=O)(=O)c2ccc(NN)cc2[N+](=O)[O-])C1. The molecule has 0 spiro atoms. The van der Waals surface area contributed by atoms with Crippen molar-refractivity contribution in [1.82, 2.24) is 4.31 Å². The summed E-state index contributed by atoms with van der Waals surface area (Å²) in [5.74, 6) is 5.44. The molecule has 9 heteroatoms. The van der Waals surface area contributed by atoms with Crippen LogP contribution in [0.1, 0.15) is 20.3 Å². The summed E-state index contributed by atoms with van der Waals surface area (Å²) in [5.41, 5.74) is 2.08. The van der Waals surface area contributed by atoms with Gasteiger partial charge in [0.25, 0.3) is 5.69 Å². The molecule has 2 rings (SSSR count). The lowest BCUT2D eigenvalue weighted by Gasteiger charge is -2.21. The molecule has 2 atom stereocenters. The molecule has 0 amide bonds. The highest BCUT2D eigenvalue weighted by atomic mass is 32.2. The second kappa shape index (κ2) is 5.58. The van der Waals surface area contributed by atoms with Crippen LogP contribution in [-0.4, -0.2) is 30.2 Å². The molecule has 8 nitrogen and oxygen atoms in total. The summed E-state index contributed by atoms with van der Waals surface area (Å²) in [6.45, 7) is 4.14. The molecule has 3 N–H and O–H groups in total. The Morgan fingerprint density at radius 2 is 2.10 bits per heavy atom. The molecule has 2 unspecified atom stereocenters. The summed E-state index contributed by atoms with van der Waals surface area (Å²) >= 11 is 0. The van der Waals surface area contributed by atoms with Gasteiger partial charge in [0.1, 0.15) is 0 Å². The number of benzene rings is 1. The van der Waals surface area contributed by atoms with E-state index in [-0.39, 0.29) is 22.5 Å². The van der Waals surface area contributed by atoms with E-state index in [4.69, 9.17) is 5.84 Å². The van der Waals surface area contributed by atoms with E-state index in [1.54, 1.807) is 0 Å². The van der Waals surface area contributed by atoms with E-state index in [0.717, 1.165) is 12.5 Å². The van der Waals surface area contributed by atoms with Gasteiger partial charge in [-0.15, -0.1) is 0 Å². The first-order valence-electron chi connectivity index (χ1n) is 6.54. The maximum atomic E-state index is 12.7. The highest BCUT2D eigenvalue weighted by Gasteiger charge is 2.39. The number of hydrogen-bond donors (Lipinski definition) is 2. The van der Waals surface area contributed by atoms with E-state index in [9.17, 15) is 18.5 Å². The van der Waals surface area contributed by atoms with Crippen molar-refractivity contribution in [3.8, 4) is 0 Å². The Labute approximate surface area is 123 Å². The fourth-order valence-electron chi connectivity index (χ4n) is 2.69. The number of nitro benzene ring substituents is 1. The first-order valence-corrected chi connectivity index (χ1v) is 7.98. The van der Waals surface area contributed by atoms with Gasteiger partial charge in [0, 0.05) is 18.7 Å². The molecule has 1 heterocycles. The van der Waals surface area contributed by atoms with Gasteiger partial charge in [-0.1, -0.05) is 6.92 Å². The van der Waals surface area contributed by atoms with Gasteiger partial charge in [0.15, 0.2) is 4.90 Å². The topological polar surface area (TPSA) is 119 Å². The van der Waals surface area contributed by atoms with Crippen LogP contribution in [-0.2, 0) is 10.0 Å². The van der Waals surface area contributed by atoms with E-state index in [2.05, 4.69) is 5.43 Å². The van der Waals surface area contributed by atoms with Crippen LogP contribution in [0.4, 0.5) is 11.4 Å². The van der Waals surface area contributed by atoms with Crippen LogP contribution in [0.5, 0.6) is 0 Å². The number of rotatable bonds is 4. The average molecular weight is 314 g/mol. The smallest absolute Gasteiger partial charge is 0.291 e. The van der Waals surface area contributed by atoms with Gasteiger partial charge < -0.3 is 5.43 Å². The molecule has 1 aromatic carbocycles. The Balaban J connectivity index is 2.52. The van der Waals surface area contributed by atoms with E-state index in [1.165, 1.54) is 16.4 Å². The third-order valence-electron chi connectivity index (χ3n) is 3.64. The van der Waals surface area contributed by atoms with Crippen LogP contribution < -0.4 is 11.3 Å². The fraction of sp³-hybridized carbons (Fsp3) is 0.500. The van der Waals surface area contributed by atoms with Gasteiger partial charge in [0.2, 0.25) is 10.0 Å². The van der Waals surface area contributed by atoms with Crippen molar-refractivity contribution < 1.29 is 13.3 Å². The Morgan fingerprint density at radius 3 is 2.57 bits per heavy atom. The molecule has 0 aromatic heterocycles. The van der Waals surface area contributed by atoms with Crippen molar-refractivity contribution in [3.63, 3.8) is 0 Å². The van der Waals surface area contributed by atoms with Gasteiger partial charge in [0.05, 0.1) is 10.6 Å². The minimum Gasteiger partial charge on any atom is -0.324 e. The van der Waals surface area contributed by atoms with Crippen molar-refractivity contribution >= 4 is 21.4 Å². The number of hydrazine groups is 1. The predicted molar refractivity (Wildman–Crippen MR) is 78.0 cm³/mol. The molecular weight excluding hydrogens is 296 g/mol. The number of nitro groups is 1. The zero-order valence-corrected chi connectivity index (χ0v) is 12.6. The third kappa shape index (κ3) is 2.85. The summed E-state index contributed by atoms with van der Waals surface area (Å²) in [7, 11) is -3.90. The summed E-state index contributed by atoms with van der Waals surface area (Å²) < 4.78 is 26.7. The van der Waals surface area contributed by atoms with Crippen LogP contribution in [0.3, 0.4) is 0 Å². The Kier molecular flexibility index (Phi) is 4.17. The zero-order chi connectivity index (χ0) is 15.8. The lowest BCUT2D eigenvalue weighted by atomic mass is 10.1. The fourth-order valence-corrected chi connectivity index (χ4v) is 4.59. The zero-order valence-electron chi connectivity index (χ0n) is 11.8. The maximum absolute atomic E-state index is 12.7. The van der Waals surface area contributed by atoms with Gasteiger partial charge in [-0.2, -0.15) is 4.31 Å². The molecule has 1 fully saturated rings. The Bertz CT molecular complexity index is 661. The lowest BCUT2D eigenvalue weighted by molar-refractivity contribution is -0.387. The van der Waals surface area contributed by atoms with Crippen LogP contribution in [0.2, 0.25) is 0 Å². The number of hydrogen-bond acceptors (Lipinski definition) is 6. The summed E-state index contributed by atoms with van der Waals surface area (Å²) in [6.07, 6.45) is 0.746. The van der Waals surface area contributed by atoms with Crippen LogP contribution >= 0.6 is 0 Å². The lowest BCUT2D eigenvalue weighted by Crippen LogP contribution is -2.34. The predicted octanol–water partition coefficient (Wildman–Crippen LogP) is 1.30. The minimum absolute atomic E-state index is 0.170. The van der Waals surface area contributed by atoms with E-state index >= 15 is 0 Å². The molecular formula is C12H18N4O4S. The summed E-state index contributed by atoms with van der Waals surface area (Å²) in [6, 6.07) is 3.58. The van der Waals surface area contributed by atoms with Crippen molar-refractivity contribution in [3.05, 3.63) is 28.3 Å². The molecule has 0 bridgehead atoms. The highest BCUT2D eigenvalue weighted by molar-refractivity contribution is 7.89. The van der Waals surface area contributed by atoms with Crippen LogP contribution in [0.15, 0.2) is 23.1 Å². The van der Waals surface area contributed by atoms with E-state index in [0.29, 0.717) is 6.54 Å². The number of nitrogens with zero attached hydrogens (tertiary/aromatic N) is 2.